The van der Waals surface area contributed by atoms with Gasteiger partial charge in [-0.3, -0.25) is 4.79 Å². The third kappa shape index (κ3) is 2.40. The van der Waals surface area contributed by atoms with Crippen LogP contribution in [0.25, 0.3) is 10.9 Å². The number of aryl methyl sites for hydroxylation is 1. The molecule has 0 fully saturated rings. The van der Waals surface area contributed by atoms with E-state index in [4.69, 9.17) is 0 Å². The zero-order valence-electron chi connectivity index (χ0n) is 10.7. The van der Waals surface area contributed by atoms with Crippen molar-refractivity contribution < 1.29 is 0 Å². The van der Waals surface area contributed by atoms with Crippen LogP contribution >= 0.6 is 0 Å². The molecule has 0 aliphatic carbocycles. The van der Waals surface area contributed by atoms with Crippen LogP contribution in [-0.2, 0) is 6.42 Å². The Morgan fingerprint density at radius 3 is 2.63 bits per heavy atom. The Bertz CT molecular complexity index is 776. The van der Waals surface area contributed by atoms with Gasteiger partial charge in [-0.05, 0) is 36.6 Å². The van der Waals surface area contributed by atoms with Crippen LogP contribution in [0.4, 0.5) is 0 Å². The first-order chi connectivity index (χ1) is 9.22. The third-order valence-corrected chi connectivity index (χ3v) is 3.14. The lowest BCUT2D eigenvalue weighted by atomic mass is 10.0. The Hall–Kier alpha value is -2.42. The minimum Gasteiger partial charge on any atom is -0.310 e. The molecule has 3 heteroatoms. The largest absolute Gasteiger partial charge is 0.310 e. The van der Waals surface area contributed by atoms with Crippen LogP contribution in [0.2, 0.25) is 0 Å². The van der Waals surface area contributed by atoms with Crippen LogP contribution in [0, 0.1) is 6.92 Å². The number of aromatic nitrogens is 2. The average Bonchev–Trinajstić information content (AvgIpc) is 2.40. The average molecular weight is 250 g/mol. The SMILES string of the molecule is Cc1nc2ccc(Cc3ccccc3)cc2c(=O)[nH]1. The predicted molar refractivity (Wildman–Crippen MR) is 76.3 cm³/mol. The molecule has 0 bridgehead atoms. The van der Waals surface area contributed by atoms with Crippen LogP contribution in [-0.4, -0.2) is 9.97 Å². The van der Waals surface area contributed by atoms with Crippen molar-refractivity contribution in [1.29, 1.82) is 0 Å². The number of nitrogens with zero attached hydrogens (tertiary/aromatic N) is 1. The van der Waals surface area contributed by atoms with E-state index in [1.54, 1.807) is 6.92 Å². The molecule has 0 amide bonds. The number of aromatic amines is 1. The second kappa shape index (κ2) is 4.69. The van der Waals surface area contributed by atoms with Crippen molar-refractivity contribution in [2.24, 2.45) is 0 Å². The highest BCUT2D eigenvalue weighted by Crippen LogP contribution is 2.14. The first kappa shape index (κ1) is 11.7. The smallest absolute Gasteiger partial charge is 0.258 e. The van der Waals surface area contributed by atoms with E-state index in [-0.39, 0.29) is 5.56 Å². The summed E-state index contributed by atoms with van der Waals surface area (Å²) >= 11 is 0. The second-order valence-electron chi connectivity index (χ2n) is 4.67. The Morgan fingerprint density at radius 1 is 1.05 bits per heavy atom. The standard InChI is InChI=1S/C16H14N2O/c1-11-17-15-8-7-13(10-14(15)16(19)18-11)9-12-5-3-2-4-6-12/h2-8,10H,9H2,1H3,(H,17,18,19). The van der Waals surface area contributed by atoms with E-state index < -0.39 is 0 Å². The maximum Gasteiger partial charge on any atom is 0.258 e. The van der Waals surface area contributed by atoms with Crippen molar-refractivity contribution in [3.63, 3.8) is 0 Å². The van der Waals surface area contributed by atoms with Gasteiger partial charge in [0, 0.05) is 0 Å². The van der Waals surface area contributed by atoms with Gasteiger partial charge in [-0.1, -0.05) is 36.4 Å². The molecule has 3 rings (SSSR count). The monoisotopic (exact) mass is 250 g/mol. The van der Waals surface area contributed by atoms with Gasteiger partial charge in [0.05, 0.1) is 10.9 Å². The van der Waals surface area contributed by atoms with Crippen molar-refractivity contribution in [3.8, 4) is 0 Å². The Balaban J connectivity index is 2.05. The Kier molecular flexibility index (Phi) is 2.88. The fourth-order valence-electron chi connectivity index (χ4n) is 2.24. The molecule has 94 valence electrons. The molecule has 0 unspecified atom stereocenters. The van der Waals surface area contributed by atoms with Crippen LogP contribution in [0.3, 0.4) is 0 Å². The topological polar surface area (TPSA) is 45.8 Å². The molecular formula is C16H14N2O. The molecular weight excluding hydrogens is 236 g/mol. The van der Waals surface area contributed by atoms with E-state index >= 15 is 0 Å². The Labute approximate surface area is 111 Å². The summed E-state index contributed by atoms with van der Waals surface area (Å²) in [5.74, 6) is 0.647. The highest BCUT2D eigenvalue weighted by Gasteiger charge is 2.03. The molecule has 0 radical (unpaired) electrons. The quantitative estimate of drug-likeness (QED) is 0.760. The van der Waals surface area contributed by atoms with Gasteiger partial charge in [0.15, 0.2) is 0 Å². The van der Waals surface area contributed by atoms with Crippen molar-refractivity contribution in [2.45, 2.75) is 13.3 Å². The maximum atomic E-state index is 11.9. The minimum absolute atomic E-state index is 0.0718. The number of nitrogens with one attached hydrogen (secondary N) is 1. The molecule has 1 N–H and O–H groups in total. The zero-order chi connectivity index (χ0) is 13.2. The summed E-state index contributed by atoms with van der Waals surface area (Å²) < 4.78 is 0. The van der Waals surface area contributed by atoms with Crippen LogP contribution in [0.5, 0.6) is 0 Å². The molecule has 2 aromatic carbocycles. The Morgan fingerprint density at radius 2 is 1.84 bits per heavy atom. The number of hydrogen-bond acceptors (Lipinski definition) is 2. The van der Waals surface area contributed by atoms with Gasteiger partial charge >= 0.3 is 0 Å². The van der Waals surface area contributed by atoms with Crippen molar-refractivity contribution in [2.75, 3.05) is 0 Å². The van der Waals surface area contributed by atoms with Gasteiger partial charge < -0.3 is 4.98 Å². The lowest BCUT2D eigenvalue weighted by Gasteiger charge is -2.04. The summed E-state index contributed by atoms with van der Waals surface area (Å²) in [7, 11) is 0. The molecule has 1 heterocycles. The lowest BCUT2D eigenvalue weighted by molar-refractivity contribution is 1.06. The van der Waals surface area contributed by atoms with E-state index in [1.165, 1.54) is 5.56 Å². The molecule has 0 spiro atoms. The molecule has 19 heavy (non-hydrogen) atoms. The molecule has 3 nitrogen and oxygen atoms in total. The highest BCUT2D eigenvalue weighted by atomic mass is 16.1. The van der Waals surface area contributed by atoms with E-state index in [0.29, 0.717) is 11.2 Å². The summed E-state index contributed by atoms with van der Waals surface area (Å²) in [6.45, 7) is 1.79. The van der Waals surface area contributed by atoms with Crippen LogP contribution in [0.15, 0.2) is 53.3 Å². The maximum absolute atomic E-state index is 11.9. The lowest BCUT2D eigenvalue weighted by Crippen LogP contribution is -2.09. The van der Waals surface area contributed by atoms with Gasteiger partial charge in [0.2, 0.25) is 0 Å². The summed E-state index contributed by atoms with van der Waals surface area (Å²) in [6.07, 6.45) is 0.824. The summed E-state index contributed by atoms with van der Waals surface area (Å²) in [5, 5.41) is 0.652. The fourth-order valence-corrected chi connectivity index (χ4v) is 2.24. The minimum atomic E-state index is -0.0718. The van der Waals surface area contributed by atoms with Gasteiger partial charge in [0.25, 0.3) is 5.56 Å². The van der Waals surface area contributed by atoms with Crippen LogP contribution < -0.4 is 5.56 Å². The fraction of sp³-hybridized carbons (Fsp3) is 0.125. The number of rotatable bonds is 2. The summed E-state index contributed by atoms with van der Waals surface area (Å²) in [5.41, 5.74) is 3.03. The molecule has 0 aliphatic rings. The first-order valence-corrected chi connectivity index (χ1v) is 6.26. The van der Waals surface area contributed by atoms with E-state index in [1.807, 2.05) is 36.4 Å². The van der Waals surface area contributed by atoms with Crippen molar-refractivity contribution in [3.05, 3.63) is 75.8 Å². The number of fused-ring (bicyclic) bond motifs is 1. The van der Waals surface area contributed by atoms with Crippen LogP contribution in [0.1, 0.15) is 17.0 Å². The number of H-pyrrole nitrogens is 1. The van der Waals surface area contributed by atoms with Gasteiger partial charge in [-0.15, -0.1) is 0 Å². The third-order valence-electron chi connectivity index (χ3n) is 3.14. The van der Waals surface area contributed by atoms with Gasteiger partial charge in [0.1, 0.15) is 5.82 Å². The molecule has 3 aromatic rings. The number of hydrogen-bond donors (Lipinski definition) is 1. The second-order valence-corrected chi connectivity index (χ2v) is 4.67. The highest BCUT2D eigenvalue weighted by molar-refractivity contribution is 5.78. The van der Waals surface area contributed by atoms with Crippen molar-refractivity contribution >= 4 is 10.9 Å². The van der Waals surface area contributed by atoms with E-state index in [0.717, 1.165) is 17.5 Å². The number of benzene rings is 2. The predicted octanol–water partition coefficient (Wildman–Crippen LogP) is 2.82. The van der Waals surface area contributed by atoms with Gasteiger partial charge in [-0.25, -0.2) is 4.98 Å². The summed E-state index contributed by atoms with van der Waals surface area (Å²) in [4.78, 5) is 19.0. The zero-order valence-corrected chi connectivity index (χ0v) is 10.7. The normalized spacial score (nSPS) is 10.8. The van der Waals surface area contributed by atoms with E-state index in [9.17, 15) is 4.79 Å². The summed E-state index contributed by atoms with van der Waals surface area (Å²) in [6, 6.07) is 16.1. The molecule has 1 aromatic heterocycles. The molecule has 0 atom stereocenters. The van der Waals surface area contributed by atoms with Crippen molar-refractivity contribution in [1.82, 2.24) is 9.97 Å². The first-order valence-electron chi connectivity index (χ1n) is 6.26. The molecule has 0 aliphatic heterocycles. The van der Waals surface area contributed by atoms with Gasteiger partial charge in [-0.2, -0.15) is 0 Å². The molecule has 0 saturated carbocycles. The molecule has 0 saturated heterocycles. The van der Waals surface area contributed by atoms with E-state index in [2.05, 4.69) is 22.1 Å².